The normalized spacial score (nSPS) is 11.0. The Bertz CT molecular complexity index is 459. The molecule has 0 bridgehead atoms. The molecule has 0 saturated heterocycles. The quantitative estimate of drug-likeness (QED) is 0.506. The summed E-state index contributed by atoms with van der Waals surface area (Å²) in [7, 11) is -4.58. The first-order valence-electron chi connectivity index (χ1n) is 3.66. The molecule has 0 aliphatic carbocycles. The van der Waals surface area contributed by atoms with Crippen LogP contribution in [0.15, 0.2) is 11.0 Å². The van der Waals surface area contributed by atoms with Crippen LogP contribution in [0.5, 0.6) is 0 Å². The maximum absolute atomic E-state index is 10.9. The molecule has 1 aromatic rings. The Morgan fingerprint density at radius 1 is 1.27 bits per heavy atom. The van der Waals surface area contributed by atoms with Gasteiger partial charge in [0.05, 0.1) is 9.92 Å². The number of benzene rings is 1. The minimum atomic E-state index is -4.58. The van der Waals surface area contributed by atoms with Crippen LogP contribution >= 0.6 is 23.2 Å². The van der Waals surface area contributed by atoms with E-state index in [1.807, 2.05) is 0 Å². The number of halogens is 2. The van der Waals surface area contributed by atoms with Gasteiger partial charge < -0.3 is 4.55 Å². The Hall–Kier alpha value is 0.307. The topological polar surface area (TPSA) is 57.2 Å². The standard InChI is InChI=1S/C8H8Cl2O3S.Li/c1-4-3-6(9)5(2)8(7(4)10)14(11,12)13;/h3H,1-2H3,(H,11,12,13);/q;+1/p-1. The van der Waals surface area contributed by atoms with E-state index in [1.54, 1.807) is 6.92 Å². The smallest absolute Gasteiger partial charge is 0.744 e. The molecule has 0 radical (unpaired) electrons. The third kappa shape index (κ3) is 3.13. The van der Waals surface area contributed by atoms with Crippen molar-refractivity contribution in [3.8, 4) is 0 Å². The summed E-state index contributed by atoms with van der Waals surface area (Å²) < 4.78 is 32.6. The molecule has 1 rings (SSSR count). The van der Waals surface area contributed by atoms with E-state index in [2.05, 4.69) is 0 Å². The molecule has 0 saturated carbocycles. The fraction of sp³-hybridized carbons (Fsp3) is 0.250. The number of hydrogen-bond acceptors (Lipinski definition) is 3. The first-order chi connectivity index (χ1) is 6.25. The molecule has 0 spiro atoms. The molecule has 0 fully saturated rings. The van der Waals surface area contributed by atoms with Crippen molar-refractivity contribution in [3.05, 3.63) is 27.2 Å². The zero-order valence-electron chi connectivity index (χ0n) is 8.47. The minimum Gasteiger partial charge on any atom is -0.744 e. The van der Waals surface area contributed by atoms with E-state index in [1.165, 1.54) is 13.0 Å². The molecule has 0 aliphatic rings. The fourth-order valence-corrected chi connectivity index (χ4v) is 2.77. The molecule has 3 nitrogen and oxygen atoms in total. The Morgan fingerprint density at radius 2 is 1.73 bits per heavy atom. The second-order valence-corrected chi connectivity index (χ2v) is 5.00. The number of hydrogen-bond donors (Lipinski definition) is 0. The van der Waals surface area contributed by atoms with Crippen molar-refractivity contribution in [1.29, 1.82) is 0 Å². The molecule has 0 atom stereocenters. The molecule has 78 valence electrons. The largest absolute Gasteiger partial charge is 1.00 e. The van der Waals surface area contributed by atoms with Crippen LogP contribution in [0.2, 0.25) is 10.0 Å². The summed E-state index contributed by atoms with van der Waals surface area (Å²) in [6.45, 7) is 3.03. The van der Waals surface area contributed by atoms with Crippen LogP contribution in [0.1, 0.15) is 11.1 Å². The van der Waals surface area contributed by atoms with Gasteiger partial charge >= 0.3 is 18.9 Å². The molecule has 7 heteroatoms. The van der Waals surface area contributed by atoms with Gasteiger partial charge in [-0.3, -0.25) is 0 Å². The van der Waals surface area contributed by atoms with E-state index in [-0.39, 0.29) is 34.5 Å². The van der Waals surface area contributed by atoms with Crippen molar-refractivity contribution >= 4 is 33.3 Å². The van der Waals surface area contributed by atoms with Crippen LogP contribution in [0, 0.1) is 13.8 Å². The zero-order valence-corrected chi connectivity index (χ0v) is 10.8. The second-order valence-electron chi connectivity index (χ2n) is 2.90. The van der Waals surface area contributed by atoms with Crippen molar-refractivity contribution in [1.82, 2.24) is 0 Å². The van der Waals surface area contributed by atoms with Crippen molar-refractivity contribution < 1.29 is 31.8 Å². The fourth-order valence-electron chi connectivity index (χ4n) is 1.11. The van der Waals surface area contributed by atoms with Gasteiger partial charge in [-0.05, 0) is 31.0 Å². The molecule has 15 heavy (non-hydrogen) atoms. The molecule has 1 aromatic carbocycles. The van der Waals surface area contributed by atoms with E-state index in [0.717, 1.165) is 0 Å². The van der Waals surface area contributed by atoms with Crippen molar-refractivity contribution in [2.24, 2.45) is 0 Å². The number of rotatable bonds is 1. The predicted octanol–water partition coefficient (Wildman–Crippen LogP) is -0.482. The summed E-state index contributed by atoms with van der Waals surface area (Å²) in [4.78, 5) is -0.427. The van der Waals surface area contributed by atoms with Crippen molar-refractivity contribution in [3.63, 3.8) is 0 Å². The summed E-state index contributed by atoms with van der Waals surface area (Å²) >= 11 is 11.5. The molecule has 0 aliphatic heterocycles. The van der Waals surface area contributed by atoms with Gasteiger partial charge in [0.15, 0.2) is 0 Å². The van der Waals surface area contributed by atoms with Gasteiger partial charge in [0, 0.05) is 5.02 Å². The van der Waals surface area contributed by atoms with Gasteiger partial charge in [0.25, 0.3) is 0 Å². The Balaban J connectivity index is 0.00000196. The summed E-state index contributed by atoms with van der Waals surface area (Å²) in [5.41, 5.74) is 0.661. The summed E-state index contributed by atoms with van der Waals surface area (Å²) in [6.07, 6.45) is 0. The molecule has 0 N–H and O–H groups in total. The molecule has 0 amide bonds. The van der Waals surface area contributed by atoms with Crippen molar-refractivity contribution in [2.45, 2.75) is 18.7 Å². The Kier molecular flexibility index (Phi) is 5.20. The van der Waals surface area contributed by atoms with Crippen LogP contribution in [-0.2, 0) is 10.1 Å². The number of aryl methyl sites for hydroxylation is 1. The maximum atomic E-state index is 10.9. The van der Waals surface area contributed by atoms with Crippen LogP contribution in [0.3, 0.4) is 0 Å². The average molecular weight is 261 g/mol. The molecule has 0 unspecified atom stereocenters. The molecular formula is C8H7Cl2LiO3S. The third-order valence-electron chi connectivity index (χ3n) is 1.84. The zero-order chi connectivity index (χ0) is 11.1. The van der Waals surface area contributed by atoms with E-state index >= 15 is 0 Å². The van der Waals surface area contributed by atoms with Gasteiger partial charge in [-0.25, -0.2) is 8.42 Å². The van der Waals surface area contributed by atoms with Gasteiger partial charge in [-0.15, -0.1) is 0 Å². The van der Waals surface area contributed by atoms with Crippen LogP contribution in [0.25, 0.3) is 0 Å². The molecule has 0 aromatic heterocycles. The van der Waals surface area contributed by atoms with Gasteiger partial charge in [-0.1, -0.05) is 23.2 Å². The second kappa shape index (κ2) is 5.09. The molecular weight excluding hydrogens is 254 g/mol. The predicted molar refractivity (Wildman–Crippen MR) is 53.9 cm³/mol. The van der Waals surface area contributed by atoms with Crippen molar-refractivity contribution in [2.75, 3.05) is 0 Å². The molecule has 0 heterocycles. The van der Waals surface area contributed by atoms with Crippen LogP contribution < -0.4 is 18.9 Å². The van der Waals surface area contributed by atoms with Crippen LogP contribution in [0.4, 0.5) is 0 Å². The monoisotopic (exact) mass is 260 g/mol. The van der Waals surface area contributed by atoms with Gasteiger partial charge in [0.1, 0.15) is 10.1 Å². The van der Waals surface area contributed by atoms with Gasteiger partial charge in [0.2, 0.25) is 0 Å². The van der Waals surface area contributed by atoms with E-state index in [9.17, 15) is 13.0 Å². The van der Waals surface area contributed by atoms with E-state index in [4.69, 9.17) is 23.2 Å². The summed E-state index contributed by atoms with van der Waals surface area (Å²) in [5, 5.41) is 0.170. The first-order valence-corrected chi connectivity index (χ1v) is 5.82. The summed E-state index contributed by atoms with van der Waals surface area (Å²) in [5.74, 6) is 0. The SMILES string of the molecule is Cc1cc(Cl)c(C)c(S(=O)(=O)[O-])c1Cl.[Li+]. The first kappa shape index (κ1) is 15.3. The average Bonchev–Trinajstić information content (AvgIpc) is 1.98. The Labute approximate surface area is 111 Å². The van der Waals surface area contributed by atoms with Crippen LogP contribution in [-0.4, -0.2) is 13.0 Å². The van der Waals surface area contributed by atoms with E-state index < -0.39 is 15.0 Å². The van der Waals surface area contributed by atoms with Gasteiger partial charge in [-0.2, -0.15) is 0 Å². The Morgan fingerprint density at radius 3 is 2.13 bits per heavy atom. The maximum Gasteiger partial charge on any atom is 1.00 e. The third-order valence-corrected chi connectivity index (χ3v) is 3.84. The van der Waals surface area contributed by atoms with E-state index in [0.29, 0.717) is 5.56 Å². The summed E-state index contributed by atoms with van der Waals surface area (Å²) in [6, 6.07) is 1.52. The minimum absolute atomic E-state index is 0.